The van der Waals surface area contributed by atoms with E-state index < -0.39 is 18.5 Å². The molecule has 2 aromatic carbocycles. The van der Waals surface area contributed by atoms with Crippen LogP contribution in [0.15, 0.2) is 41.3 Å². The van der Waals surface area contributed by atoms with Gasteiger partial charge in [0, 0.05) is 23.2 Å². The first kappa shape index (κ1) is 21.0. The molecular formula is C20H19N3O4S. The van der Waals surface area contributed by atoms with E-state index in [-0.39, 0.29) is 11.5 Å². The molecule has 0 atom stereocenters. The molecule has 8 heteroatoms. The Balaban J connectivity index is 1.94. The number of thiocyanates is 1. The fourth-order valence-corrected chi connectivity index (χ4v) is 3.09. The summed E-state index contributed by atoms with van der Waals surface area (Å²) in [4.78, 5) is 36.0. The molecular weight excluding hydrogens is 378 g/mol. The zero-order valence-corrected chi connectivity index (χ0v) is 16.5. The minimum atomic E-state index is -0.640. The molecule has 0 fully saturated rings. The van der Waals surface area contributed by atoms with Gasteiger partial charge in [-0.1, -0.05) is 0 Å². The highest BCUT2D eigenvalue weighted by Crippen LogP contribution is 2.27. The van der Waals surface area contributed by atoms with Crippen LogP contribution in [0.25, 0.3) is 0 Å². The normalized spacial score (nSPS) is 9.93. The summed E-state index contributed by atoms with van der Waals surface area (Å²) in [5.41, 5.74) is 3.08. The van der Waals surface area contributed by atoms with Crippen LogP contribution in [-0.2, 0) is 14.3 Å². The molecule has 0 aliphatic carbocycles. The molecule has 0 aromatic heterocycles. The summed E-state index contributed by atoms with van der Waals surface area (Å²) >= 11 is 1.05. The van der Waals surface area contributed by atoms with Gasteiger partial charge in [0.15, 0.2) is 6.61 Å². The van der Waals surface area contributed by atoms with Gasteiger partial charge in [0.1, 0.15) is 5.40 Å². The summed E-state index contributed by atoms with van der Waals surface area (Å²) in [7, 11) is 0. The Bertz CT molecular complexity index is 926. The second kappa shape index (κ2) is 9.58. The van der Waals surface area contributed by atoms with Gasteiger partial charge < -0.3 is 15.4 Å². The lowest BCUT2D eigenvalue weighted by Crippen LogP contribution is -2.22. The number of ether oxygens (including phenoxy) is 1. The number of rotatable bonds is 6. The van der Waals surface area contributed by atoms with Gasteiger partial charge in [0.05, 0.1) is 5.56 Å². The van der Waals surface area contributed by atoms with Crippen molar-refractivity contribution >= 4 is 40.9 Å². The number of nitrogens with zero attached hydrogens (tertiary/aromatic N) is 1. The zero-order valence-electron chi connectivity index (χ0n) is 15.7. The summed E-state index contributed by atoms with van der Waals surface area (Å²) in [5.74, 6) is -1.31. The van der Waals surface area contributed by atoms with Crippen molar-refractivity contribution in [2.75, 3.05) is 17.2 Å². The van der Waals surface area contributed by atoms with Crippen molar-refractivity contribution in [2.24, 2.45) is 0 Å². The molecule has 144 valence electrons. The van der Waals surface area contributed by atoms with Gasteiger partial charge in [-0.05, 0) is 73.1 Å². The van der Waals surface area contributed by atoms with Gasteiger partial charge in [-0.15, -0.1) is 0 Å². The highest BCUT2D eigenvalue weighted by molar-refractivity contribution is 8.03. The van der Waals surface area contributed by atoms with Crippen molar-refractivity contribution in [2.45, 2.75) is 25.7 Å². The Hall–Kier alpha value is -3.31. The van der Waals surface area contributed by atoms with E-state index >= 15 is 0 Å². The maximum atomic E-state index is 12.1. The van der Waals surface area contributed by atoms with E-state index in [0.717, 1.165) is 27.8 Å². The maximum absolute atomic E-state index is 12.1. The van der Waals surface area contributed by atoms with Crippen LogP contribution in [0.4, 0.5) is 11.4 Å². The average molecular weight is 397 g/mol. The second-order valence-electron chi connectivity index (χ2n) is 6.01. The molecule has 2 rings (SSSR count). The summed E-state index contributed by atoms with van der Waals surface area (Å²) in [6.45, 7) is 4.61. The molecule has 0 bridgehead atoms. The van der Waals surface area contributed by atoms with Gasteiger partial charge >= 0.3 is 5.97 Å². The number of carbonyl (C=O) groups is 3. The molecule has 0 spiro atoms. The molecule has 0 saturated carbocycles. The molecule has 0 aliphatic heterocycles. The number of hydrogen-bond donors (Lipinski definition) is 2. The topological polar surface area (TPSA) is 108 Å². The first-order valence-electron chi connectivity index (χ1n) is 8.32. The van der Waals surface area contributed by atoms with Crippen LogP contribution in [-0.4, -0.2) is 24.4 Å². The molecule has 7 nitrogen and oxygen atoms in total. The number of benzene rings is 2. The van der Waals surface area contributed by atoms with Crippen LogP contribution in [0.3, 0.4) is 0 Å². The fraction of sp³-hybridized carbons (Fsp3) is 0.200. The second-order valence-corrected chi connectivity index (χ2v) is 6.87. The zero-order chi connectivity index (χ0) is 20.7. The van der Waals surface area contributed by atoms with Crippen LogP contribution in [0.1, 0.15) is 28.4 Å². The number of aryl methyl sites for hydroxylation is 2. The molecule has 0 heterocycles. The Morgan fingerprint density at radius 1 is 1.07 bits per heavy atom. The van der Waals surface area contributed by atoms with Crippen LogP contribution < -0.4 is 10.6 Å². The van der Waals surface area contributed by atoms with Crippen molar-refractivity contribution < 1.29 is 19.1 Å². The third kappa shape index (κ3) is 5.86. The lowest BCUT2D eigenvalue weighted by molar-refractivity contribution is -0.119. The van der Waals surface area contributed by atoms with Gasteiger partial charge in [-0.2, -0.15) is 5.26 Å². The van der Waals surface area contributed by atoms with E-state index in [2.05, 4.69) is 10.6 Å². The summed E-state index contributed by atoms with van der Waals surface area (Å²) in [5, 5.41) is 16.1. The van der Waals surface area contributed by atoms with Crippen molar-refractivity contribution in [3.8, 4) is 5.40 Å². The molecule has 2 aromatic rings. The Morgan fingerprint density at radius 3 is 2.21 bits per heavy atom. The van der Waals surface area contributed by atoms with E-state index in [9.17, 15) is 14.4 Å². The van der Waals surface area contributed by atoms with E-state index in [1.807, 2.05) is 19.2 Å². The Labute approximate surface area is 167 Å². The SMILES string of the molecule is CC(=O)Nc1ccc(C(=O)OCC(=O)Nc2c(C)cc(SC#N)cc2C)cc1. The largest absolute Gasteiger partial charge is 0.452 e. The molecule has 28 heavy (non-hydrogen) atoms. The minimum absolute atomic E-state index is 0.211. The van der Waals surface area contributed by atoms with E-state index in [0.29, 0.717) is 11.4 Å². The van der Waals surface area contributed by atoms with Crippen molar-refractivity contribution in [3.63, 3.8) is 0 Å². The third-order valence-electron chi connectivity index (χ3n) is 3.71. The molecule has 2 amide bonds. The van der Waals surface area contributed by atoms with Gasteiger partial charge in [-0.3, -0.25) is 9.59 Å². The summed E-state index contributed by atoms with van der Waals surface area (Å²) < 4.78 is 5.04. The molecule has 2 N–H and O–H groups in total. The van der Waals surface area contributed by atoms with Crippen molar-refractivity contribution in [3.05, 3.63) is 53.1 Å². The Morgan fingerprint density at radius 2 is 1.68 bits per heavy atom. The van der Waals surface area contributed by atoms with Gasteiger partial charge in [-0.25, -0.2) is 4.79 Å². The number of amides is 2. The summed E-state index contributed by atoms with van der Waals surface area (Å²) in [6, 6.07) is 9.77. The predicted molar refractivity (Wildman–Crippen MR) is 107 cm³/mol. The standard InChI is InChI=1S/C20H19N3O4S/c1-12-8-17(28-11-21)9-13(2)19(12)23-18(25)10-27-20(26)15-4-6-16(7-5-15)22-14(3)24/h4-9H,10H2,1-3H3,(H,22,24)(H,23,25). The lowest BCUT2D eigenvalue weighted by Gasteiger charge is -2.13. The minimum Gasteiger partial charge on any atom is -0.452 e. The lowest BCUT2D eigenvalue weighted by atomic mass is 10.1. The van der Waals surface area contributed by atoms with E-state index in [1.54, 1.807) is 24.3 Å². The predicted octanol–water partition coefficient (Wildman–Crippen LogP) is 3.63. The quantitative estimate of drug-likeness (QED) is 0.438. The number of thioether (sulfide) groups is 1. The average Bonchev–Trinajstić information content (AvgIpc) is 2.63. The van der Waals surface area contributed by atoms with Crippen LogP contribution in [0.5, 0.6) is 0 Å². The Kier molecular flexibility index (Phi) is 7.18. The number of hydrogen-bond acceptors (Lipinski definition) is 6. The maximum Gasteiger partial charge on any atom is 0.338 e. The van der Waals surface area contributed by atoms with E-state index in [4.69, 9.17) is 10.00 Å². The molecule has 0 aliphatic rings. The first-order valence-corrected chi connectivity index (χ1v) is 9.13. The summed E-state index contributed by atoms with van der Waals surface area (Å²) in [6.07, 6.45) is 0. The number of nitriles is 1. The number of carbonyl (C=O) groups excluding carboxylic acids is 3. The first-order chi connectivity index (χ1) is 13.3. The molecule has 0 unspecified atom stereocenters. The van der Waals surface area contributed by atoms with Gasteiger partial charge in [0.2, 0.25) is 5.91 Å². The van der Waals surface area contributed by atoms with E-state index in [1.165, 1.54) is 19.1 Å². The van der Waals surface area contributed by atoms with Crippen LogP contribution in [0.2, 0.25) is 0 Å². The van der Waals surface area contributed by atoms with Crippen molar-refractivity contribution in [1.29, 1.82) is 5.26 Å². The van der Waals surface area contributed by atoms with Crippen LogP contribution in [0, 0.1) is 24.5 Å². The number of esters is 1. The molecule has 0 saturated heterocycles. The van der Waals surface area contributed by atoms with Crippen molar-refractivity contribution in [1.82, 2.24) is 0 Å². The number of nitrogens with one attached hydrogen (secondary N) is 2. The van der Waals surface area contributed by atoms with Gasteiger partial charge in [0.25, 0.3) is 5.91 Å². The van der Waals surface area contributed by atoms with Crippen LogP contribution >= 0.6 is 11.8 Å². The monoisotopic (exact) mass is 397 g/mol. The highest BCUT2D eigenvalue weighted by Gasteiger charge is 2.13. The smallest absolute Gasteiger partial charge is 0.338 e. The highest BCUT2D eigenvalue weighted by atomic mass is 32.2. The third-order valence-corrected chi connectivity index (χ3v) is 4.27. The number of anilines is 2. The molecule has 0 radical (unpaired) electrons. The fourth-order valence-electron chi connectivity index (χ4n) is 2.52.